The Morgan fingerprint density at radius 2 is 1.74 bits per heavy atom. The summed E-state index contributed by atoms with van der Waals surface area (Å²) in [6.45, 7) is 0.180. The molecule has 7 heteroatoms. The van der Waals surface area contributed by atoms with Gasteiger partial charge in [0.05, 0.1) is 12.8 Å². The molecule has 2 amide bonds. The van der Waals surface area contributed by atoms with Gasteiger partial charge in [0.2, 0.25) is 0 Å². The first-order valence-electron chi connectivity index (χ1n) is 8.19. The number of benzene rings is 2. The number of halogens is 1. The third kappa shape index (κ3) is 5.62. The van der Waals surface area contributed by atoms with Gasteiger partial charge in [-0.15, -0.1) is 0 Å². The van der Waals surface area contributed by atoms with E-state index in [9.17, 15) is 9.59 Å². The van der Waals surface area contributed by atoms with Gasteiger partial charge in [-0.3, -0.25) is 9.59 Å². The van der Waals surface area contributed by atoms with Crippen molar-refractivity contribution in [2.24, 2.45) is 0 Å². The van der Waals surface area contributed by atoms with Crippen LogP contribution in [0.15, 0.2) is 71.3 Å². The molecule has 0 aliphatic rings. The average Bonchev–Trinajstić information content (AvgIpc) is 3.20. The van der Waals surface area contributed by atoms with E-state index in [1.165, 1.54) is 0 Å². The van der Waals surface area contributed by atoms with Crippen LogP contribution in [0.3, 0.4) is 0 Å². The van der Waals surface area contributed by atoms with Crippen LogP contribution in [-0.2, 0) is 11.3 Å². The maximum atomic E-state index is 12.1. The minimum atomic E-state index is -0.306. The van der Waals surface area contributed by atoms with E-state index in [0.29, 0.717) is 34.3 Å². The van der Waals surface area contributed by atoms with Gasteiger partial charge in [0.15, 0.2) is 6.61 Å². The molecule has 0 unspecified atom stereocenters. The molecule has 0 aliphatic heterocycles. The second-order valence-corrected chi connectivity index (χ2v) is 6.07. The van der Waals surface area contributed by atoms with Gasteiger partial charge in [0.1, 0.15) is 11.5 Å². The molecule has 0 atom stereocenters. The van der Waals surface area contributed by atoms with E-state index in [4.69, 9.17) is 20.8 Å². The fourth-order valence-corrected chi connectivity index (χ4v) is 2.39. The highest BCUT2D eigenvalue weighted by molar-refractivity contribution is 6.30. The Morgan fingerprint density at radius 1 is 1.00 bits per heavy atom. The van der Waals surface area contributed by atoms with Crippen molar-refractivity contribution in [2.75, 3.05) is 11.9 Å². The highest BCUT2D eigenvalue weighted by Gasteiger charge is 2.08. The lowest BCUT2D eigenvalue weighted by atomic mass is 10.2. The molecule has 27 heavy (non-hydrogen) atoms. The smallest absolute Gasteiger partial charge is 0.262 e. The van der Waals surface area contributed by atoms with Crippen molar-refractivity contribution in [3.63, 3.8) is 0 Å². The molecule has 0 bridgehead atoms. The molecule has 1 heterocycles. The van der Waals surface area contributed by atoms with E-state index in [2.05, 4.69) is 10.6 Å². The number of nitrogens with one attached hydrogen (secondary N) is 2. The molecular formula is C20H17ClN2O4. The van der Waals surface area contributed by atoms with Crippen molar-refractivity contribution < 1.29 is 18.7 Å². The Balaban J connectivity index is 1.47. The first-order chi connectivity index (χ1) is 13.1. The molecule has 3 aromatic rings. The van der Waals surface area contributed by atoms with Gasteiger partial charge in [-0.25, -0.2) is 0 Å². The summed E-state index contributed by atoms with van der Waals surface area (Å²) in [5, 5.41) is 6.06. The molecule has 0 fully saturated rings. The Labute approximate surface area is 161 Å². The Kier molecular flexibility index (Phi) is 6.12. The number of hydrogen-bond acceptors (Lipinski definition) is 4. The lowest BCUT2D eigenvalue weighted by molar-refractivity contribution is -0.118. The van der Waals surface area contributed by atoms with Crippen LogP contribution in [0.5, 0.6) is 5.75 Å². The van der Waals surface area contributed by atoms with Gasteiger partial charge < -0.3 is 19.8 Å². The van der Waals surface area contributed by atoms with Gasteiger partial charge in [-0.2, -0.15) is 0 Å². The largest absolute Gasteiger partial charge is 0.484 e. The lowest BCUT2D eigenvalue weighted by Gasteiger charge is -2.08. The fourth-order valence-electron chi connectivity index (χ4n) is 2.26. The Bertz CT molecular complexity index is 891. The fraction of sp³-hybridized carbons (Fsp3) is 0.100. The van der Waals surface area contributed by atoms with E-state index < -0.39 is 0 Å². The molecule has 3 rings (SSSR count). The van der Waals surface area contributed by atoms with Crippen LogP contribution in [0, 0.1) is 0 Å². The second kappa shape index (κ2) is 8.91. The van der Waals surface area contributed by atoms with Crippen LogP contribution in [0.2, 0.25) is 5.02 Å². The average molecular weight is 385 g/mol. The van der Waals surface area contributed by atoms with Crippen LogP contribution < -0.4 is 15.4 Å². The van der Waals surface area contributed by atoms with Gasteiger partial charge in [0.25, 0.3) is 11.8 Å². The highest BCUT2D eigenvalue weighted by Crippen LogP contribution is 2.15. The third-order valence-electron chi connectivity index (χ3n) is 3.62. The normalized spacial score (nSPS) is 10.3. The quantitative estimate of drug-likeness (QED) is 0.647. The second-order valence-electron chi connectivity index (χ2n) is 5.63. The molecule has 0 saturated heterocycles. The molecule has 1 aromatic heterocycles. The predicted octanol–water partition coefficient (Wildman–Crippen LogP) is 3.88. The highest BCUT2D eigenvalue weighted by atomic mass is 35.5. The standard InChI is InChI=1S/C20H17ClN2O4/c21-15-5-9-17(10-6-15)27-13-19(24)23-16-7-3-14(4-8-16)20(25)22-12-18-2-1-11-26-18/h1-11H,12-13H2,(H,22,25)(H,23,24). The van der Waals surface area contributed by atoms with Crippen molar-refractivity contribution in [1.82, 2.24) is 5.32 Å². The summed E-state index contributed by atoms with van der Waals surface area (Å²) in [6, 6.07) is 16.9. The summed E-state index contributed by atoms with van der Waals surface area (Å²) in [5.41, 5.74) is 1.05. The SMILES string of the molecule is O=C(COc1ccc(Cl)cc1)Nc1ccc(C(=O)NCc2ccco2)cc1. The summed E-state index contributed by atoms with van der Waals surface area (Å²) >= 11 is 5.79. The van der Waals surface area contributed by atoms with E-state index in [1.54, 1.807) is 66.9 Å². The summed E-state index contributed by atoms with van der Waals surface area (Å²) in [6.07, 6.45) is 1.55. The van der Waals surface area contributed by atoms with E-state index >= 15 is 0 Å². The number of hydrogen-bond donors (Lipinski definition) is 2. The van der Waals surface area contributed by atoms with Gasteiger partial charge in [0, 0.05) is 16.3 Å². The monoisotopic (exact) mass is 384 g/mol. The summed E-state index contributed by atoms with van der Waals surface area (Å²) in [4.78, 5) is 24.0. The van der Waals surface area contributed by atoms with Gasteiger partial charge >= 0.3 is 0 Å². The van der Waals surface area contributed by atoms with E-state index in [1.807, 2.05) is 0 Å². The summed E-state index contributed by atoms with van der Waals surface area (Å²) in [5.74, 6) is 0.696. The summed E-state index contributed by atoms with van der Waals surface area (Å²) < 4.78 is 10.5. The molecule has 0 aliphatic carbocycles. The van der Waals surface area contributed by atoms with Gasteiger partial charge in [-0.1, -0.05) is 11.6 Å². The predicted molar refractivity (Wildman–Crippen MR) is 102 cm³/mol. The molecule has 6 nitrogen and oxygen atoms in total. The van der Waals surface area contributed by atoms with Gasteiger partial charge in [-0.05, 0) is 60.7 Å². The Hall–Kier alpha value is -3.25. The number of anilines is 1. The van der Waals surface area contributed by atoms with Crippen molar-refractivity contribution in [3.8, 4) is 5.75 Å². The maximum Gasteiger partial charge on any atom is 0.262 e. The molecule has 2 N–H and O–H groups in total. The van der Waals surface area contributed by atoms with E-state index in [0.717, 1.165) is 0 Å². The van der Waals surface area contributed by atoms with Crippen LogP contribution in [0.1, 0.15) is 16.1 Å². The van der Waals surface area contributed by atoms with Crippen molar-refractivity contribution in [1.29, 1.82) is 0 Å². The lowest BCUT2D eigenvalue weighted by Crippen LogP contribution is -2.23. The Morgan fingerprint density at radius 3 is 2.41 bits per heavy atom. The maximum absolute atomic E-state index is 12.1. The minimum absolute atomic E-state index is 0.132. The number of carbonyl (C=O) groups excluding carboxylic acids is 2. The first kappa shape index (κ1) is 18.5. The van der Waals surface area contributed by atoms with Crippen molar-refractivity contribution in [3.05, 3.63) is 83.3 Å². The van der Waals surface area contributed by atoms with E-state index in [-0.39, 0.29) is 18.4 Å². The van der Waals surface area contributed by atoms with Crippen LogP contribution in [0.4, 0.5) is 5.69 Å². The van der Waals surface area contributed by atoms with Crippen LogP contribution in [0.25, 0.3) is 0 Å². The first-order valence-corrected chi connectivity index (χ1v) is 8.57. The van der Waals surface area contributed by atoms with Crippen molar-refractivity contribution >= 4 is 29.1 Å². The molecule has 138 valence electrons. The molecular weight excluding hydrogens is 368 g/mol. The number of rotatable bonds is 7. The molecule has 2 aromatic carbocycles. The molecule has 0 radical (unpaired) electrons. The van der Waals surface area contributed by atoms with Crippen LogP contribution >= 0.6 is 11.6 Å². The minimum Gasteiger partial charge on any atom is -0.484 e. The summed E-state index contributed by atoms with van der Waals surface area (Å²) in [7, 11) is 0. The molecule has 0 spiro atoms. The topological polar surface area (TPSA) is 80.6 Å². The number of amides is 2. The third-order valence-corrected chi connectivity index (χ3v) is 3.87. The van der Waals surface area contributed by atoms with Crippen molar-refractivity contribution in [2.45, 2.75) is 6.54 Å². The zero-order valence-electron chi connectivity index (χ0n) is 14.3. The zero-order chi connectivity index (χ0) is 19.1. The number of ether oxygens (including phenoxy) is 1. The zero-order valence-corrected chi connectivity index (χ0v) is 15.0. The number of furan rings is 1. The van der Waals surface area contributed by atoms with Crippen LogP contribution in [-0.4, -0.2) is 18.4 Å². The number of carbonyl (C=O) groups is 2. The molecule has 0 saturated carbocycles.